The molecule has 0 saturated carbocycles. The van der Waals surface area contributed by atoms with Gasteiger partial charge in [0.05, 0.1) is 19.5 Å². The molecule has 3 aromatic rings. The molecule has 0 radical (unpaired) electrons. The van der Waals surface area contributed by atoms with Crippen molar-refractivity contribution in [3.63, 3.8) is 0 Å². The number of fused-ring (bicyclic) bond motifs is 1. The number of hydrogen-bond acceptors (Lipinski definition) is 4. The fourth-order valence-corrected chi connectivity index (χ4v) is 4.59. The minimum atomic E-state index is 0.187. The Hall–Kier alpha value is -2.85. The summed E-state index contributed by atoms with van der Waals surface area (Å²) in [7, 11) is 3.37. The second-order valence-electron chi connectivity index (χ2n) is 6.32. The highest BCUT2D eigenvalue weighted by Gasteiger charge is 2.29. The van der Waals surface area contributed by atoms with Crippen molar-refractivity contribution in [1.82, 2.24) is 0 Å². The van der Waals surface area contributed by atoms with E-state index in [-0.39, 0.29) is 11.0 Å². The van der Waals surface area contributed by atoms with Crippen LogP contribution in [-0.4, -0.2) is 19.3 Å². The molecular formula is C23H20O3S. The van der Waals surface area contributed by atoms with E-state index in [4.69, 9.17) is 9.47 Å². The lowest BCUT2D eigenvalue weighted by Crippen LogP contribution is -1.93. The number of thioether (sulfide) groups is 1. The van der Waals surface area contributed by atoms with Gasteiger partial charge in [-0.15, -0.1) is 11.8 Å². The van der Waals surface area contributed by atoms with E-state index in [1.165, 1.54) is 21.6 Å². The Morgan fingerprint density at radius 2 is 1.52 bits per heavy atom. The monoisotopic (exact) mass is 376 g/mol. The number of rotatable bonds is 4. The van der Waals surface area contributed by atoms with Gasteiger partial charge in [-0.05, 0) is 70.8 Å². The summed E-state index contributed by atoms with van der Waals surface area (Å²) < 4.78 is 10.7. The molecule has 1 aliphatic heterocycles. The largest absolute Gasteiger partial charge is 0.508 e. The minimum absolute atomic E-state index is 0.187. The maximum absolute atomic E-state index is 9.56. The Morgan fingerprint density at radius 1 is 0.852 bits per heavy atom. The number of ether oxygens (including phenoxy) is 2. The lowest BCUT2D eigenvalue weighted by Gasteiger charge is -2.13. The highest BCUT2D eigenvalue weighted by molar-refractivity contribution is 8.00. The van der Waals surface area contributed by atoms with Gasteiger partial charge < -0.3 is 14.6 Å². The van der Waals surface area contributed by atoms with Crippen LogP contribution in [0.3, 0.4) is 0 Å². The molecule has 3 aromatic carbocycles. The molecule has 1 aliphatic rings. The van der Waals surface area contributed by atoms with Crippen molar-refractivity contribution in [2.75, 3.05) is 14.2 Å². The van der Waals surface area contributed by atoms with Gasteiger partial charge in [0.25, 0.3) is 0 Å². The van der Waals surface area contributed by atoms with Crippen molar-refractivity contribution in [3.8, 4) is 17.2 Å². The van der Waals surface area contributed by atoms with E-state index < -0.39 is 0 Å². The van der Waals surface area contributed by atoms with Gasteiger partial charge in [-0.1, -0.05) is 24.3 Å². The molecule has 4 rings (SSSR count). The van der Waals surface area contributed by atoms with Crippen LogP contribution >= 0.6 is 11.8 Å². The first-order chi connectivity index (χ1) is 13.2. The number of phenolic OH excluding ortho intramolecular Hbond substituents is 1. The molecule has 0 aliphatic carbocycles. The molecule has 1 heterocycles. The number of benzene rings is 3. The van der Waals surface area contributed by atoms with Crippen LogP contribution in [-0.2, 0) is 0 Å². The smallest absolute Gasteiger partial charge is 0.120 e. The Kier molecular flexibility index (Phi) is 4.82. The van der Waals surface area contributed by atoms with Crippen LogP contribution in [0, 0.1) is 0 Å². The Morgan fingerprint density at radius 3 is 2.19 bits per heavy atom. The molecule has 136 valence electrons. The number of aromatic hydroxyl groups is 1. The van der Waals surface area contributed by atoms with Gasteiger partial charge in [0.1, 0.15) is 17.2 Å². The van der Waals surface area contributed by atoms with Gasteiger partial charge in [0.15, 0.2) is 0 Å². The first-order valence-corrected chi connectivity index (χ1v) is 9.55. The zero-order valence-corrected chi connectivity index (χ0v) is 16.0. The SMILES string of the molecule is COc1ccc(C2Sc3cc(OC)ccc3C2=Cc2ccc(O)cc2)cc1. The number of phenols is 1. The molecule has 0 amide bonds. The van der Waals surface area contributed by atoms with Gasteiger partial charge in [-0.3, -0.25) is 0 Å². The molecule has 4 heteroatoms. The van der Waals surface area contributed by atoms with E-state index in [9.17, 15) is 5.11 Å². The van der Waals surface area contributed by atoms with Crippen LogP contribution in [0.4, 0.5) is 0 Å². The van der Waals surface area contributed by atoms with Crippen molar-refractivity contribution >= 4 is 23.4 Å². The molecular weight excluding hydrogens is 356 g/mol. The second kappa shape index (κ2) is 7.41. The maximum Gasteiger partial charge on any atom is 0.120 e. The van der Waals surface area contributed by atoms with Crippen LogP contribution < -0.4 is 9.47 Å². The summed E-state index contributed by atoms with van der Waals surface area (Å²) in [5.74, 6) is 1.99. The fraction of sp³-hybridized carbons (Fsp3) is 0.130. The Labute approximate surface area is 163 Å². The molecule has 0 aromatic heterocycles. The summed E-state index contributed by atoms with van der Waals surface area (Å²) in [5, 5.41) is 9.75. The predicted octanol–water partition coefficient (Wildman–Crippen LogP) is 5.80. The third-order valence-electron chi connectivity index (χ3n) is 4.66. The van der Waals surface area contributed by atoms with Gasteiger partial charge in [0.2, 0.25) is 0 Å². The molecule has 27 heavy (non-hydrogen) atoms. The van der Waals surface area contributed by atoms with Crippen LogP contribution in [0.1, 0.15) is 21.9 Å². The van der Waals surface area contributed by atoms with E-state index in [2.05, 4.69) is 30.3 Å². The molecule has 0 spiro atoms. The van der Waals surface area contributed by atoms with E-state index in [0.29, 0.717) is 0 Å². The summed E-state index contributed by atoms with van der Waals surface area (Å²) in [6.07, 6.45) is 2.19. The first-order valence-electron chi connectivity index (χ1n) is 8.67. The average molecular weight is 376 g/mol. The van der Waals surface area contributed by atoms with E-state index >= 15 is 0 Å². The van der Waals surface area contributed by atoms with Gasteiger partial charge in [-0.25, -0.2) is 0 Å². The third kappa shape index (κ3) is 3.53. The quantitative estimate of drug-likeness (QED) is 0.625. The molecule has 1 N–H and O–H groups in total. The fourth-order valence-electron chi connectivity index (χ4n) is 3.23. The Balaban J connectivity index is 1.79. The number of methoxy groups -OCH3 is 2. The van der Waals surface area contributed by atoms with E-state index in [1.54, 1.807) is 26.4 Å². The summed E-state index contributed by atoms with van der Waals surface area (Å²) in [6, 6.07) is 21.7. The zero-order chi connectivity index (χ0) is 18.8. The van der Waals surface area contributed by atoms with Crippen LogP contribution in [0.5, 0.6) is 17.2 Å². The minimum Gasteiger partial charge on any atom is -0.508 e. The molecule has 0 saturated heterocycles. The first kappa shape index (κ1) is 17.6. The predicted molar refractivity (Wildman–Crippen MR) is 111 cm³/mol. The van der Waals surface area contributed by atoms with E-state index in [0.717, 1.165) is 17.1 Å². The summed E-state index contributed by atoms with van der Waals surface area (Å²) >= 11 is 1.82. The highest BCUT2D eigenvalue weighted by atomic mass is 32.2. The number of hydrogen-bond donors (Lipinski definition) is 1. The van der Waals surface area contributed by atoms with Crippen molar-refractivity contribution in [1.29, 1.82) is 0 Å². The molecule has 0 fully saturated rings. The molecule has 0 bridgehead atoms. The lowest BCUT2D eigenvalue weighted by atomic mass is 9.95. The van der Waals surface area contributed by atoms with Gasteiger partial charge >= 0.3 is 0 Å². The summed E-state index contributed by atoms with van der Waals surface area (Å²) in [4.78, 5) is 1.21. The molecule has 3 nitrogen and oxygen atoms in total. The highest BCUT2D eigenvalue weighted by Crippen LogP contribution is 2.55. The third-order valence-corrected chi connectivity index (χ3v) is 6.01. The van der Waals surface area contributed by atoms with Crippen LogP contribution in [0.15, 0.2) is 71.6 Å². The van der Waals surface area contributed by atoms with Crippen molar-refractivity contribution in [2.24, 2.45) is 0 Å². The summed E-state index contributed by atoms with van der Waals surface area (Å²) in [5.41, 5.74) is 4.75. The summed E-state index contributed by atoms with van der Waals surface area (Å²) in [6.45, 7) is 0. The van der Waals surface area contributed by atoms with Crippen LogP contribution in [0.2, 0.25) is 0 Å². The van der Waals surface area contributed by atoms with Gasteiger partial charge in [-0.2, -0.15) is 0 Å². The zero-order valence-electron chi connectivity index (χ0n) is 15.2. The Bertz CT molecular complexity index is 976. The molecule has 1 atom stereocenters. The van der Waals surface area contributed by atoms with Crippen molar-refractivity contribution in [2.45, 2.75) is 10.1 Å². The van der Waals surface area contributed by atoms with Crippen LogP contribution in [0.25, 0.3) is 11.6 Å². The average Bonchev–Trinajstić information content (AvgIpc) is 3.07. The van der Waals surface area contributed by atoms with E-state index in [1.807, 2.05) is 42.1 Å². The van der Waals surface area contributed by atoms with Crippen molar-refractivity contribution in [3.05, 3.63) is 83.4 Å². The normalized spacial score (nSPS) is 17.0. The van der Waals surface area contributed by atoms with Crippen molar-refractivity contribution < 1.29 is 14.6 Å². The lowest BCUT2D eigenvalue weighted by molar-refractivity contribution is 0.413. The second-order valence-corrected chi connectivity index (χ2v) is 7.47. The standard InChI is InChI=1S/C23H20O3S/c1-25-18-9-5-16(6-10-18)23-21(13-15-3-7-17(24)8-4-15)20-12-11-19(26-2)14-22(20)27-23/h3-14,23-24H,1-2H3. The topological polar surface area (TPSA) is 38.7 Å². The van der Waals surface area contributed by atoms with Gasteiger partial charge in [0, 0.05) is 4.90 Å². The maximum atomic E-state index is 9.56. The molecule has 1 unspecified atom stereocenters.